The Hall–Kier alpha value is -2.16. The quantitative estimate of drug-likeness (QED) is 0.879. The summed E-state index contributed by atoms with van der Waals surface area (Å²) in [4.78, 5) is 16.2. The minimum atomic E-state index is 0.0604. The van der Waals surface area contributed by atoms with Gasteiger partial charge in [-0.3, -0.25) is 9.78 Å². The van der Waals surface area contributed by atoms with Crippen molar-refractivity contribution in [2.75, 3.05) is 5.32 Å². The summed E-state index contributed by atoms with van der Waals surface area (Å²) >= 11 is 0. The van der Waals surface area contributed by atoms with Crippen LogP contribution in [-0.4, -0.2) is 10.9 Å². The minimum absolute atomic E-state index is 0.0604. The van der Waals surface area contributed by atoms with Crippen molar-refractivity contribution in [1.29, 1.82) is 0 Å². The maximum atomic E-state index is 11.8. The van der Waals surface area contributed by atoms with Gasteiger partial charge in [-0.25, -0.2) is 0 Å². The van der Waals surface area contributed by atoms with Crippen LogP contribution in [0.4, 0.5) is 5.69 Å². The molecule has 1 aromatic heterocycles. The molecule has 1 heterocycles. The largest absolute Gasteiger partial charge is 0.325 e. The van der Waals surface area contributed by atoms with E-state index in [4.69, 9.17) is 0 Å². The van der Waals surface area contributed by atoms with E-state index in [1.54, 1.807) is 6.20 Å². The molecule has 0 aliphatic heterocycles. The Kier molecular flexibility index (Phi) is 4.67. The Morgan fingerprint density at radius 1 is 1.16 bits per heavy atom. The normalized spacial score (nSPS) is 10.2. The Bertz CT molecular complexity index is 537. The molecule has 19 heavy (non-hydrogen) atoms. The van der Waals surface area contributed by atoms with Gasteiger partial charge in [0.25, 0.3) is 0 Å². The highest BCUT2D eigenvalue weighted by Gasteiger charge is 2.08. The minimum Gasteiger partial charge on any atom is -0.325 e. The highest BCUT2D eigenvalue weighted by molar-refractivity contribution is 5.94. The molecule has 2 rings (SSSR count). The molecule has 98 valence electrons. The van der Waals surface area contributed by atoms with Crippen LogP contribution in [0, 0.1) is 0 Å². The summed E-state index contributed by atoms with van der Waals surface area (Å²) < 4.78 is 0. The predicted molar refractivity (Wildman–Crippen MR) is 77.8 cm³/mol. The first-order chi connectivity index (χ1) is 9.31. The zero-order valence-corrected chi connectivity index (χ0v) is 11.1. The number of hydrogen-bond acceptors (Lipinski definition) is 2. The molecule has 0 aliphatic rings. The van der Waals surface area contributed by atoms with E-state index in [0.717, 1.165) is 29.8 Å². The van der Waals surface area contributed by atoms with Crippen LogP contribution in [0.2, 0.25) is 0 Å². The number of nitrogens with one attached hydrogen (secondary N) is 1. The summed E-state index contributed by atoms with van der Waals surface area (Å²) in [5, 5.41) is 2.96. The first-order valence-electron chi connectivity index (χ1n) is 6.61. The van der Waals surface area contributed by atoms with Gasteiger partial charge in [0.15, 0.2) is 0 Å². The van der Waals surface area contributed by atoms with Crippen LogP contribution in [0.25, 0.3) is 11.3 Å². The van der Waals surface area contributed by atoms with Gasteiger partial charge < -0.3 is 5.32 Å². The van der Waals surface area contributed by atoms with Gasteiger partial charge in [0.2, 0.25) is 5.91 Å². The fraction of sp³-hybridized carbons (Fsp3) is 0.250. The smallest absolute Gasteiger partial charge is 0.224 e. The summed E-state index contributed by atoms with van der Waals surface area (Å²) in [5.74, 6) is 0.0604. The molecule has 0 saturated heterocycles. The molecule has 0 bridgehead atoms. The van der Waals surface area contributed by atoms with Crippen LogP contribution < -0.4 is 5.32 Å². The second kappa shape index (κ2) is 6.69. The Morgan fingerprint density at radius 2 is 1.95 bits per heavy atom. The molecule has 1 N–H and O–H groups in total. The van der Waals surface area contributed by atoms with E-state index in [1.807, 2.05) is 42.5 Å². The van der Waals surface area contributed by atoms with Crippen molar-refractivity contribution >= 4 is 11.6 Å². The molecule has 3 heteroatoms. The number of amides is 1. The van der Waals surface area contributed by atoms with Gasteiger partial charge in [-0.15, -0.1) is 0 Å². The van der Waals surface area contributed by atoms with Crippen LogP contribution in [0.1, 0.15) is 26.2 Å². The monoisotopic (exact) mass is 254 g/mol. The Balaban J connectivity index is 2.20. The van der Waals surface area contributed by atoms with Crippen LogP contribution in [-0.2, 0) is 4.79 Å². The van der Waals surface area contributed by atoms with Gasteiger partial charge in [0.05, 0.1) is 11.4 Å². The lowest BCUT2D eigenvalue weighted by Crippen LogP contribution is -2.11. The summed E-state index contributed by atoms with van der Waals surface area (Å²) in [6.45, 7) is 2.08. The number of carbonyl (C=O) groups excluding carboxylic acids is 1. The van der Waals surface area contributed by atoms with Crippen molar-refractivity contribution in [2.45, 2.75) is 26.2 Å². The molecular weight excluding hydrogens is 236 g/mol. The second-order valence-corrected chi connectivity index (χ2v) is 4.41. The van der Waals surface area contributed by atoms with Crippen LogP contribution >= 0.6 is 0 Å². The van der Waals surface area contributed by atoms with Gasteiger partial charge in [-0.2, -0.15) is 0 Å². The third-order valence-corrected chi connectivity index (χ3v) is 2.90. The molecule has 0 saturated carbocycles. The number of anilines is 1. The number of aromatic nitrogens is 1. The van der Waals surface area contributed by atoms with E-state index >= 15 is 0 Å². The van der Waals surface area contributed by atoms with E-state index in [-0.39, 0.29) is 5.91 Å². The summed E-state index contributed by atoms with van der Waals surface area (Å²) in [6.07, 6.45) is 4.25. The number of hydrogen-bond donors (Lipinski definition) is 1. The summed E-state index contributed by atoms with van der Waals surface area (Å²) in [6, 6.07) is 13.5. The standard InChI is InChI=1S/C16H18N2O/c1-2-3-11-16(19)18-15-10-5-4-8-13(15)14-9-6-7-12-17-14/h4-10,12H,2-3,11H2,1H3,(H,18,19). The van der Waals surface area contributed by atoms with E-state index in [0.29, 0.717) is 6.42 Å². The Labute approximate surface area is 113 Å². The lowest BCUT2D eigenvalue weighted by Gasteiger charge is -2.10. The van der Waals surface area contributed by atoms with Gasteiger partial charge in [0.1, 0.15) is 0 Å². The Morgan fingerprint density at radius 3 is 2.68 bits per heavy atom. The van der Waals surface area contributed by atoms with Crippen LogP contribution in [0.3, 0.4) is 0 Å². The van der Waals surface area contributed by atoms with Gasteiger partial charge in [-0.05, 0) is 24.6 Å². The molecule has 0 unspecified atom stereocenters. The molecular formula is C16H18N2O. The third-order valence-electron chi connectivity index (χ3n) is 2.90. The first kappa shape index (κ1) is 13.3. The molecule has 0 spiro atoms. The molecule has 0 fully saturated rings. The molecule has 0 aliphatic carbocycles. The number of rotatable bonds is 5. The highest BCUT2D eigenvalue weighted by Crippen LogP contribution is 2.25. The van der Waals surface area contributed by atoms with Crippen molar-refractivity contribution < 1.29 is 4.79 Å². The third kappa shape index (κ3) is 3.65. The predicted octanol–water partition coefficient (Wildman–Crippen LogP) is 3.88. The van der Waals surface area contributed by atoms with Crippen molar-refractivity contribution in [2.24, 2.45) is 0 Å². The number of unbranched alkanes of at least 4 members (excludes halogenated alkanes) is 1. The first-order valence-corrected chi connectivity index (χ1v) is 6.61. The number of pyridine rings is 1. The number of benzene rings is 1. The lowest BCUT2D eigenvalue weighted by molar-refractivity contribution is -0.116. The molecule has 0 atom stereocenters. The molecule has 3 nitrogen and oxygen atoms in total. The van der Waals surface area contributed by atoms with Crippen LogP contribution in [0.15, 0.2) is 48.7 Å². The number of carbonyl (C=O) groups is 1. The molecule has 1 amide bonds. The van der Waals surface area contributed by atoms with E-state index < -0.39 is 0 Å². The van der Waals surface area contributed by atoms with Crippen molar-refractivity contribution in [3.8, 4) is 11.3 Å². The fourth-order valence-electron chi connectivity index (χ4n) is 1.89. The van der Waals surface area contributed by atoms with E-state index in [2.05, 4.69) is 17.2 Å². The maximum absolute atomic E-state index is 11.8. The molecule has 2 aromatic rings. The summed E-state index contributed by atoms with van der Waals surface area (Å²) in [5.41, 5.74) is 2.64. The number of nitrogens with zero attached hydrogens (tertiary/aromatic N) is 1. The highest BCUT2D eigenvalue weighted by atomic mass is 16.1. The van der Waals surface area contributed by atoms with E-state index in [9.17, 15) is 4.79 Å². The average molecular weight is 254 g/mol. The van der Waals surface area contributed by atoms with Crippen molar-refractivity contribution in [3.05, 3.63) is 48.7 Å². The van der Waals surface area contributed by atoms with Gasteiger partial charge >= 0.3 is 0 Å². The summed E-state index contributed by atoms with van der Waals surface area (Å²) in [7, 11) is 0. The maximum Gasteiger partial charge on any atom is 0.224 e. The van der Waals surface area contributed by atoms with Gasteiger partial charge in [-0.1, -0.05) is 37.6 Å². The topological polar surface area (TPSA) is 42.0 Å². The average Bonchev–Trinajstić information content (AvgIpc) is 2.46. The fourth-order valence-corrected chi connectivity index (χ4v) is 1.89. The molecule has 1 aromatic carbocycles. The zero-order valence-electron chi connectivity index (χ0n) is 11.1. The van der Waals surface area contributed by atoms with Crippen LogP contribution in [0.5, 0.6) is 0 Å². The van der Waals surface area contributed by atoms with Crippen molar-refractivity contribution in [1.82, 2.24) is 4.98 Å². The van der Waals surface area contributed by atoms with Gasteiger partial charge in [0, 0.05) is 18.2 Å². The zero-order chi connectivity index (χ0) is 13.5. The SMILES string of the molecule is CCCCC(=O)Nc1ccccc1-c1ccccn1. The van der Waals surface area contributed by atoms with Crippen molar-refractivity contribution in [3.63, 3.8) is 0 Å². The molecule has 0 radical (unpaired) electrons. The second-order valence-electron chi connectivity index (χ2n) is 4.41. The lowest BCUT2D eigenvalue weighted by atomic mass is 10.1. The number of para-hydroxylation sites is 1. The van der Waals surface area contributed by atoms with E-state index in [1.165, 1.54) is 0 Å².